The first-order valence-electron chi connectivity index (χ1n) is 9.92. The van der Waals surface area contributed by atoms with E-state index in [1.807, 2.05) is 31.2 Å². The summed E-state index contributed by atoms with van der Waals surface area (Å²) in [5.74, 6) is -1.16. The quantitative estimate of drug-likeness (QED) is 0.523. The number of aromatic nitrogens is 2. The van der Waals surface area contributed by atoms with Crippen molar-refractivity contribution in [2.24, 2.45) is 0 Å². The van der Waals surface area contributed by atoms with Crippen LogP contribution < -0.4 is 4.90 Å². The van der Waals surface area contributed by atoms with Gasteiger partial charge in [0.1, 0.15) is 15.5 Å². The zero-order chi connectivity index (χ0) is 24.4. The van der Waals surface area contributed by atoms with Crippen molar-refractivity contribution < 1.29 is 26.4 Å². The van der Waals surface area contributed by atoms with Gasteiger partial charge in [0, 0.05) is 35.8 Å². The van der Waals surface area contributed by atoms with Crippen LogP contribution in [-0.2, 0) is 16.0 Å². The number of amides is 1. The Morgan fingerprint density at radius 1 is 1.06 bits per heavy atom. The van der Waals surface area contributed by atoms with Crippen LogP contribution >= 0.6 is 0 Å². The number of halogens is 3. The number of benzene rings is 1. The van der Waals surface area contributed by atoms with E-state index in [1.54, 1.807) is 6.07 Å². The Labute approximate surface area is 190 Å². The number of hydrogen-bond acceptors (Lipinski definition) is 5. The molecule has 1 amide bonds. The molecule has 10 heteroatoms. The Hall–Kier alpha value is -3.27. The van der Waals surface area contributed by atoms with E-state index in [0.29, 0.717) is 17.3 Å². The molecule has 0 saturated carbocycles. The lowest BCUT2D eigenvalue weighted by molar-refractivity contribution is -0.141. The molecule has 2 heterocycles. The average molecular weight is 478 g/mol. The molecule has 3 aromatic rings. The first kappa shape index (κ1) is 24.4. The predicted molar refractivity (Wildman–Crippen MR) is 120 cm³/mol. The highest BCUT2D eigenvalue weighted by Gasteiger charge is 2.34. The maximum atomic E-state index is 13.5. The number of carbonyl (C=O) groups excluding carboxylic acids is 1. The highest BCUT2D eigenvalue weighted by atomic mass is 32.2. The number of aryl methyl sites for hydroxylation is 2. The number of rotatable bonds is 6. The van der Waals surface area contributed by atoms with E-state index in [2.05, 4.69) is 9.97 Å². The molecule has 0 fully saturated rings. The van der Waals surface area contributed by atoms with Crippen molar-refractivity contribution in [1.82, 2.24) is 9.97 Å². The number of sulfone groups is 1. The maximum absolute atomic E-state index is 13.5. The van der Waals surface area contributed by atoms with Gasteiger partial charge >= 0.3 is 6.18 Å². The van der Waals surface area contributed by atoms with Crippen molar-refractivity contribution in [2.75, 3.05) is 23.5 Å². The summed E-state index contributed by atoms with van der Waals surface area (Å²) in [5.41, 5.74) is 1.16. The highest BCUT2D eigenvalue weighted by Crippen LogP contribution is 2.34. The molecule has 0 bridgehead atoms. The first-order valence-corrected chi connectivity index (χ1v) is 12.0. The Morgan fingerprint density at radius 3 is 2.39 bits per heavy atom. The molecule has 0 aliphatic heterocycles. The minimum Gasteiger partial charge on any atom is -0.305 e. The van der Waals surface area contributed by atoms with Gasteiger partial charge in [-0.1, -0.05) is 24.3 Å². The van der Waals surface area contributed by atoms with Crippen LogP contribution in [0.3, 0.4) is 0 Å². The smallest absolute Gasteiger partial charge is 0.305 e. The molecule has 1 aromatic carbocycles. The molecule has 0 unspecified atom stereocenters. The van der Waals surface area contributed by atoms with Gasteiger partial charge in [-0.25, -0.2) is 13.4 Å². The zero-order valence-electron chi connectivity index (χ0n) is 18.2. The Balaban J connectivity index is 2.17. The fourth-order valence-electron chi connectivity index (χ4n) is 3.39. The molecule has 33 heavy (non-hydrogen) atoms. The lowest BCUT2D eigenvalue weighted by Crippen LogP contribution is -2.36. The van der Waals surface area contributed by atoms with Crippen LogP contribution in [0, 0.1) is 13.8 Å². The van der Waals surface area contributed by atoms with Crippen LogP contribution in [0.1, 0.15) is 27.3 Å². The predicted octanol–water partition coefficient (Wildman–Crippen LogP) is 4.47. The third kappa shape index (κ3) is 5.95. The second kappa shape index (κ2) is 9.30. The summed E-state index contributed by atoms with van der Waals surface area (Å²) in [6.45, 7) is 2.98. The number of anilines is 1. The molecule has 174 valence electrons. The molecule has 0 spiro atoms. The van der Waals surface area contributed by atoms with Gasteiger partial charge in [-0.2, -0.15) is 13.2 Å². The molecule has 6 nitrogen and oxygen atoms in total. The van der Waals surface area contributed by atoms with E-state index in [9.17, 15) is 26.4 Å². The summed E-state index contributed by atoms with van der Waals surface area (Å²) in [6.07, 6.45) is -0.776. The molecule has 0 radical (unpaired) electrons. The summed E-state index contributed by atoms with van der Waals surface area (Å²) >= 11 is 0. The summed E-state index contributed by atoms with van der Waals surface area (Å²) in [7, 11) is -3.47. The SMILES string of the molecule is Cc1cc(C(=O)N(CCS(C)(=O)=O)c2cnccc2-c2ccccc2C)cc(C(F)(F)F)n1. The molecule has 2 aromatic heterocycles. The van der Waals surface area contributed by atoms with Crippen molar-refractivity contribution in [1.29, 1.82) is 0 Å². The zero-order valence-corrected chi connectivity index (χ0v) is 19.0. The fraction of sp³-hybridized carbons (Fsp3) is 0.261. The van der Waals surface area contributed by atoms with Gasteiger partial charge in [-0.3, -0.25) is 9.78 Å². The Kier molecular flexibility index (Phi) is 6.87. The number of alkyl halides is 3. The van der Waals surface area contributed by atoms with E-state index in [-0.39, 0.29) is 23.6 Å². The normalized spacial score (nSPS) is 11.9. The third-order valence-electron chi connectivity index (χ3n) is 4.95. The summed E-state index contributed by atoms with van der Waals surface area (Å²) in [6, 6.07) is 11.0. The van der Waals surface area contributed by atoms with Gasteiger partial charge < -0.3 is 4.90 Å². The van der Waals surface area contributed by atoms with Crippen molar-refractivity contribution in [3.05, 3.63) is 77.4 Å². The van der Waals surface area contributed by atoms with Gasteiger partial charge in [-0.05, 0) is 43.2 Å². The van der Waals surface area contributed by atoms with Crippen molar-refractivity contribution >= 4 is 21.4 Å². The molecule has 0 aliphatic carbocycles. The molecule has 0 saturated heterocycles. The summed E-state index contributed by atoms with van der Waals surface area (Å²) < 4.78 is 63.6. The third-order valence-corrected chi connectivity index (χ3v) is 5.87. The van der Waals surface area contributed by atoms with Crippen LogP contribution in [0.5, 0.6) is 0 Å². The largest absolute Gasteiger partial charge is 0.433 e. The molecular weight excluding hydrogens is 455 g/mol. The van der Waals surface area contributed by atoms with E-state index < -0.39 is 27.6 Å². The van der Waals surface area contributed by atoms with Crippen LogP contribution in [-0.4, -0.2) is 42.8 Å². The van der Waals surface area contributed by atoms with Gasteiger partial charge in [0.15, 0.2) is 0 Å². The molecule has 0 aliphatic rings. The minimum atomic E-state index is -4.74. The van der Waals surface area contributed by atoms with Gasteiger partial charge in [0.25, 0.3) is 5.91 Å². The van der Waals surface area contributed by atoms with Crippen LogP contribution in [0.4, 0.5) is 18.9 Å². The van der Waals surface area contributed by atoms with E-state index in [1.165, 1.54) is 25.4 Å². The molecule has 0 N–H and O–H groups in total. The Morgan fingerprint density at radius 2 is 1.76 bits per heavy atom. The first-order chi connectivity index (χ1) is 15.4. The highest BCUT2D eigenvalue weighted by molar-refractivity contribution is 7.90. The monoisotopic (exact) mass is 477 g/mol. The molecular formula is C23H22F3N3O3S. The second-order valence-electron chi connectivity index (χ2n) is 7.67. The van der Waals surface area contributed by atoms with Crippen LogP contribution in [0.25, 0.3) is 11.1 Å². The van der Waals surface area contributed by atoms with Crippen molar-refractivity contribution in [3.8, 4) is 11.1 Å². The van der Waals surface area contributed by atoms with E-state index in [4.69, 9.17) is 0 Å². The second-order valence-corrected chi connectivity index (χ2v) is 9.93. The molecule has 3 rings (SSSR count). The standard InChI is InChI=1S/C23H22F3N3O3S/c1-15-6-4-5-7-18(15)19-8-9-27-14-20(19)29(10-11-33(3,31)32)22(30)17-12-16(2)28-21(13-17)23(24,25)26/h4-9,12-14H,10-11H2,1-3H3. The Bertz CT molecular complexity index is 1290. The van der Waals surface area contributed by atoms with Crippen LogP contribution in [0.2, 0.25) is 0 Å². The lowest BCUT2D eigenvalue weighted by atomic mass is 9.99. The average Bonchev–Trinajstić information content (AvgIpc) is 2.72. The van der Waals surface area contributed by atoms with Crippen molar-refractivity contribution in [2.45, 2.75) is 20.0 Å². The fourth-order valence-corrected chi connectivity index (χ4v) is 3.90. The maximum Gasteiger partial charge on any atom is 0.433 e. The lowest BCUT2D eigenvalue weighted by Gasteiger charge is -2.26. The van der Waals surface area contributed by atoms with E-state index >= 15 is 0 Å². The number of pyridine rings is 2. The number of carbonyl (C=O) groups is 1. The number of hydrogen-bond donors (Lipinski definition) is 0. The van der Waals surface area contributed by atoms with Gasteiger partial charge in [-0.15, -0.1) is 0 Å². The summed E-state index contributed by atoms with van der Waals surface area (Å²) in [4.78, 5) is 22.2. The van der Waals surface area contributed by atoms with Gasteiger partial charge in [0.05, 0.1) is 17.6 Å². The minimum absolute atomic E-state index is 0.0153. The van der Waals surface area contributed by atoms with E-state index in [0.717, 1.165) is 22.3 Å². The summed E-state index contributed by atoms with van der Waals surface area (Å²) in [5, 5.41) is 0. The van der Waals surface area contributed by atoms with Crippen LogP contribution in [0.15, 0.2) is 54.9 Å². The van der Waals surface area contributed by atoms with Crippen molar-refractivity contribution in [3.63, 3.8) is 0 Å². The topological polar surface area (TPSA) is 80.2 Å². The number of nitrogens with zero attached hydrogens (tertiary/aromatic N) is 3. The molecule has 0 atom stereocenters. The van der Waals surface area contributed by atoms with Gasteiger partial charge in [0.2, 0.25) is 0 Å².